The lowest BCUT2D eigenvalue weighted by molar-refractivity contribution is 0.316. The molecule has 1 saturated heterocycles. The third-order valence-corrected chi connectivity index (χ3v) is 3.52. The Morgan fingerprint density at radius 2 is 2.29 bits per heavy atom. The van der Waals surface area contributed by atoms with Gasteiger partial charge in [-0.3, -0.25) is 4.98 Å². The Hall–Kier alpha value is -0.930. The highest BCUT2D eigenvalue weighted by Gasteiger charge is 2.15. The molecule has 1 fully saturated rings. The maximum absolute atomic E-state index is 4.13. The number of rotatable bonds is 5. The average Bonchev–Trinajstić information content (AvgIpc) is 2.39. The van der Waals surface area contributed by atoms with Gasteiger partial charge in [0.15, 0.2) is 0 Å². The SMILES string of the molecule is CC(CC1CCNCC1)NCc1cccnc1. The molecule has 0 aromatic carbocycles. The van der Waals surface area contributed by atoms with Crippen molar-refractivity contribution in [3.05, 3.63) is 30.1 Å². The number of hydrogen-bond donors (Lipinski definition) is 2. The maximum atomic E-state index is 4.13. The molecule has 1 aliphatic rings. The predicted octanol–water partition coefficient (Wildman–Crippen LogP) is 1.95. The van der Waals surface area contributed by atoms with Crippen LogP contribution in [0.2, 0.25) is 0 Å². The second-order valence-corrected chi connectivity index (χ2v) is 5.07. The molecule has 2 heterocycles. The van der Waals surface area contributed by atoms with E-state index in [1.807, 2.05) is 18.5 Å². The Bertz CT molecular complexity index is 307. The first-order valence-corrected chi connectivity index (χ1v) is 6.67. The van der Waals surface area contributed by atoms with Crippen molar-refractivity contribution < 1.29 is 0 Å². The summed E-state index contributed by atoms with van der Waals surface area (Å²) in [6.07, 6.45) is 7.71. The lowest BCUT2D eigenvalue weighted by Gasteiger charge is -2.25. The Labute approximate surface area is 104 Å². The molecule has 0 bridgehead atoms. The molecule has 0 amide bonds. The van der Waals surface area contributed by atoms with Crippen LogP contribution in [0.15, 0.2) is 24.5 Å². The fraction of sp³-hybridized carbons (Fsp3) is 0.643. The van der Waals surface area contributed by atoms with Crippen LogP contribution in [0.25, 0.3) is 0 Å². The number of pyridine rings is 1. The minimum atomic E-state index is 0.596. The summed E-state index contributed by atoms with van der Waals surface area (Å²) >= 11 is 0. The van der Waals surface area contributed by atoms with Crippen molar-refractivity contribution >= 4 is 0 Å². The Morgan fingerprint density at radius 1 is 1.47 bits per heavy atom. The van der Waals surface area contributed by atoms with Crippen LogP contribution in [-0.2, 0) is 6.54 Å². The smallest absolute Gasteiger partial charge is 0.0312 e. The van der Waals surface area contributed by atoms with Gasteiger partial charge in [0.25, 0.3) is 0 Å². The molecule has 2 N–H and O–H groups in total. The molecule has 1 aromatic rings. The maximum Gasteiger partial charge on any atom is 0.0312 e. The molecule has 0 radical (unpaired) electrons. The van der Waals surface area contributed by atoms with Gasteiger partial charge in [-0.05, 0) is 56.8 Å². The first-order valence-electron chi connectivity index (χ1n) is 6.67. The van der Waals surface area contributed by atoms with Crippen molar-refractivity contribution in [3.63, 3.8) is 0 Å². The summed E-state index contributed by atoms with van der Waals surface area (Å²) in [5.74, 6) is 0.896. The van der Waals surface area contributed by atoms with Crippen LogP contribution < -0.4 is 10.6 Å². The highest BCUT2D eigenvalue weighted by atomic mass is 14.9. The topological polar surface area (TPSA) is 37.0 Å². The van der Waals surface area contributed by atoms with Crippen molar-refractivity contribution in [2.45, 2.75) is 38.8 Å². The first kappa shape index (κ1) is 12.5. The van der Waals surface area contributed by atoms with Crippen molar-refractivity contribution in [1.82, 2.24) is 15.6 Å². The fourth-order valence-electron chi connectivity index (χ4n) is 2.50. The number of nitrogens with zero attached hydrogens (tertiary/aromatic N) is 1. The Balaban J connectivity index is 1.68. The minimum Gasteiger partial charge on any atom is -0.317 e. The molecular weight excluding hydrogens is 210 g/mol. The van der Waals surface area contributed by atoms with Gasteiger partial charge in [-0.1, -0.05) is 6.07 Å². The highest BCUT2D eigenvalue weighted by molar-refractivity contribution is 5.07. The van der Waals surface area contributed by atoms with E-state index in [9.17, 15) is 0 Å². The van der Waals surface area contributed by atoms with E-state index in [0.717, 1.165) is 12.5 Å². The number of hydrogen-bond acceptors (Lipinski definition) is 3. The van der Waals surface area contributed by atoms with Gasteiger partial charge in [0, 0.05) is 25.0 Å². The van der Waals surface area contributed by atoms with Gasteiger partial charge >= 0.3 is 0 Å². The molecule has 17 heavy (non-hydrogen) atoms. The molecule has 0 saturated carbocycles. The van der Waals surface area contributed by atoms with Crippen molar-refractivity contribution in [1.29, 1.82) is 0 Å². The summed E-state index contributed by atoms with van der Waals surface area (Å²) < 4.78 is 0. The van der Waals surface area contributed by atoms with E-state index >= 15 is 0 Å². The van der Waals surface area contributed by atoms with E-state index in [2.05, 4.69) is 28.6 Å². The van der Waals surface area contributed by atoms with Gasteiger partial charge in [0.05, 0.1) is 0 Å². The highest BCUT2D eigenvalue weighted by Crippen LogP contribution is 2.17. The van der Waals surface area contributed by atoms with Crippen LogP contribution >= 0.6 is 0 Å². The lowest BCUT2D eigenvalue weighted by atomic mass is 9.91. The summed E-state index contributed by atoms with van der Waals surface area (Å²) in [7, 11) is 0. The van der Waals surface area contributed by atoms with Crippen LogP contribution in [0.4, 0.5) is 0 Å². The molecule has 1 aliphatic heterocycles. The van der Waals surface area contributed by atoms with Gasteiger partial charge < -0.3 is 10.6 Å². The van der Waals surface area contributed by atoms with Gasteiger partial charge in [0.1, 0.15) is 0 Å². The molecule has 1 aromatic heterocycles. The van der Waals surface area contributed by atoms with Gasteiger partial charge in [-0.2, -0.15) is 0 Å². The lowest BCUT2D eigenvalue weighted by Crippen LogP contribution is -2.33. The van der Waals surface area contributed by atoms with E-state index < -0.39 is 0 Å². The van der Waals surface area contributed by atoms with E-state index in [-0.39, 0.29) is 0 Å². The third-order valence-electron chi connectivity index (χ3n) is 3.52. The van der Waals surface area contributed by atoms with Gasteiger partial charge in [0.2, 0.25) is 0 Å². The summed E-state index contributed by atoms with van der Waals surface area (Å²) in [5, 5.41) is 7.00. The Kier molecular flexibility index (Phi) is 4.95. The normalized spacial score (nSPS) is 19.1. The monoisotopic (exact) mass is 233 g/mol. The quantitative estimate of drug-likeness (QED) is 0.816. The largest absolute Gasteiger partial charge is 0.317 e. The number of piperidine rings is 1. The van der Waals surface area contributed by atoms with Crippen molar-refractivity contribution in [3.8, 4) is 0 Å². The third kappa shape index (κ3) is 4.44. The second-order valence-electron chi connectivity index (χ2n) is 5.07. The molecule has 3 heteroatoms. The molecule has 94 valence electrons. The van der Waals surface area contributed by atoms with Gasteiger partial charge in [-0.15, -0.1) is 0 Å². The molecule has 0 spiro atoms. The average molecular weight is 233 g/mol. The van der Waals surface area contributed by atoms with E-state index in [0.29, 0.717) is 6.04 Å². The molecule has 0 aliphatic carbocycles. The van der Waals surface area contributed by atoms with Gasteiger partial charge in [-0.25, -0.2) is 0 Å². The number of aromatic nitrogens is 1. The first-order chi connectivity index (χ1) is 8.34. The van der Waals surface area contributed by atoms with E-state index in [1.165, 1.54) is 37.9 Å². The summed E-state index contributed by atoms with van der Waals surface area (Å²) in [6, 6.07) is 4.71. The minimum absolute atomic E-state index is 0.596. The standard InChI is InChI=1S/C14H23N3/c1-12(9-13-4-7-15-8-5-13)17-11-14-3-2-6-16-10-14/h2-3,6,10,12-13,15,17H,4-5,7-9,11H2,1H3. The zero-order valence-corrected chi connectivity index (χ0v) is 10.7. The fourth-order valence-corrected chi connectivity index (χ4v) is 2.50. The molecule has 2 rings (SSSR count). The zero-order chi connectivity index (χ0) is 11.9. The van der Waals surface area contributed by atoms with Crippen LogP contribution in [-0.4, -0.2) is 24.1 Å². The molecule has 1 atom stereocenters. The summed E-state index contributed by atoms with van der Waals surface area (Å²) in [6.45, 7) is 5.61. The van der Waals surface area contributed by atoms with Crippen molar-refractivity contribution in [2.24, 2.45) is 5.92 Å². The second kappa shape index (κ2) is 6.72. The summed E-state index contributed by atoms with van der Waals surface area (Å²) in [4.78, 5) is 4.13. The van der Waals surface area contributed by atoms with Crippen LogP contribution in [0, 0.1) is 5.92 Å². The van der Waals surface area contributed by atoms with Crippen LogP contribution in [0.5, 0.6) is 0 Å². The van der Waals surface area contributed by atoms with Crippen molar-refractivity contribution in [2.75, 3.05) is 13.1 Å². The molecule has 1 unspecified atom stereocenters. The summed E-state index contributed by atoms with van der Waals surface area (Å²) in [5.41, 5.74) is 1.27. The molecular formula is C14H23N3. The number of nitrogens with one attached hydrogen (secondary N) is 2. The van der Waals surface area contributed by atoms with Crippen LogP contribution in [0.3, 0.4) is 0 Å². The zero-order valence-electron chi connectivity index (χ0n) is 10.7. The van der Waals surface area contributed by atoms with E-state index in [1.54, 1.807) is 0 Å². The Morgan fingerprint density at radius 3 is 3.00 bits per heavy atom. The predicted molar refractivity (Wildman–Crippen MR) is 70.7 cm³/mol. The van der Waals surface area contributed by atoms with Crippen LogP contribution in [0.1, 0.15) is 31.7 Å². The van der Waals surface area contributed by atoms with E-state index in [4.69, 9.17) is 0 Å². The molecule has 3 nitrogen and oxygen atoms in total.